The molecule has 2 heterocycles. The third-order valence-corrected chi connectivity index (χ3v) is 4.59. The van der Waals surface area contributed by atoms with Crippen molar-refractivity contribution in [3.8, 4) is 11.5 Å². The number of aromatic nitrogens is 3. The minimum atomic E-state index is -0.497. The summed E-state index contributed by atoms with van der Waals surface area (Å²) in [5, 5.41) is 5.48. The number of aryl methyl sites for hydroxylation is 1. The Morgan fingerprint density at radius 2 is 1.74 bits per heavy atom. The lowest BCUT2D eigenvalue weighted by Crippen LogP contribution is -2.16. The summed E-state index contributed by atoms with van der Waals surface area (Å²) in [6.45, 7) is 1.80. The maximum atomic E-state index is 13.4. The topological polar surface area (TPSA) is 99.8 Å². The number of pyridine rings is 1. The molecule has 0 saturated carbocycles. The Kier molecular flexibility index (Phi) is 5.53. The van der Waals surface area contributed by atoms with Gasteiger partial charge >= 0.3 is 0 Å². The van der Waals surface area contributed by atoms with E-state index in [9.17, 15) is 14.0 Å². The third-order valence-electron chi connectivity index (χ3n) is 4.59. The third kappa shape index (κ3) is 4.64. The first-order chi connectivity index (χ1) is 15.0. The van der Waals surface area contributed by atoms with Gasteiger partial charge in [-0.05, 0) is 55.0 Å². The molecule has 154 valence electrons. The molecular formula is C23H18FN5O2. The highest BCUT2D eigenvalue weighted by atomic mass is 19.1. The van der Waals surface area contributed by atoms with Crippen molar-refractivity contribution in [1.82, 2.24) is 15.0 Å². The van der Waals surface area contributed by atoms with E-state index in [2.05, 4.69) is 25.6 Å². The fourth-order valence-electron chi connectivity index (χ4n) is 2.99. The standard InChI is InChI=1S/C23H18FN5O2/c1-14-5-6-17(28-22(30)15-3-2-4-16(24)11-15)12-19(14)23(31)29-18-7-8-20(27-13-18)21-25-9-10-26-21/h2-13H,1H3,(H,25,26)(H,28,30)(H,29,31). The van der Waals surface area contributed by atoms with E-state index >= 15 is 0 Å². The molecule has 2 aromatic carbocycles. The van der Waals surface area contributed by atoms with Gasteiger partial charge in [0.05, 0.1) is 11.9 Å². The van der Waals surface area contributed by atoms with Crippen LogP contribution in [0.1, 0.15) is 26.3 Å². The van der Waals surface area contributed by atoms with Crippen LogP contribution in [0.4, 0.5) is 15.8 Å². The average Bonchev–Trinajstić information content (AvgIpc) is 3.30. The van der Waals surface area contributed by atoms with Crippen molar-refractivity contribution >= 4 is 23.2 Å². The highest BCUT2D eigenvalue weighted by Crippen LogP contribution is 2.19. The van der Waals surface area contributed by atoms with Crippen LogP contribution in [0.15, 0.2) is 73.2 Å². The second-order valence-corrected chi connectivity index (χ2v) is 6.82. The molecule has 0 spiro atoms. The highest BCUT2D eigenvalue weighted by molar-refractivity contribution is 6.08. The summed E-state index contributed by atoms with van der Waals surface area (Å²) in [7, 11) is 0. The number of nitrogens with zero attached hydrogens (tertiary/aromatic N) is 2. The second kappa shape index (κ2) is 8.58. The van der Waals surface area contributed by atoms with Gasteiger partial charge in [-0.2, -0.15) is 0 Å². The molecule has 0 unspecified atom stereocenters. The number of imidazole rings is 1. The van der Waals surface area contributed by atoms with Crippen LogP contribution >= 0.6 is 0 Å². The fraction of sp³-hybridized carbons (Fsp3) is 0.0435. The lowest BCUT2D eigenvalue weighted by Gasteiger charge is -2.11. The number of hydrogen-bond donors (Lipinski definition) is 3. The maximum Gasteiger partial charge on any atom is 0.256 e. The van der Waals surface area contributed by atoms with Gasteiger partial charge in [-0.15, -0.1) is 0 Å². The lowest BCUT2D eigenvalue weighted by molar-refractivity contribution is 0.101. The number of anilines is 2. The Labute approximate surface area is 177 Å². The number of rotatable bonds is 5. The number of halogens is 1. The molecule has 2 aromatic heterocycles. The zero-order chi connectivity index (χ0) is 21.8. The fourth-order valence-corrected chi connectivity index (χ4v) is 2.99. The molecule has 0 saturated heterocycles. The summed E-state index contributed by atoms with van der Waals surface area (Å²) in [5.74, 6) is -0.668. The van der Waals surface area contributed by atoms with E-state index in [-0.39, 0.29) is 11.5 Å². The normalized spacial score (nSPS) is 10.5. The largest absolute Gasteiger partial charge is 0.343 e. The van der Waals surface area contributed by atoms with Gasteiger partial charge < -0.3 is 15.6 Å². The lowest BCUT2D eigenvalue weighted by atomic mass is 10.1. The summed E-state index contributed by atoms with van der Waals surface area (Å²) in [6.07, 6.45) is 4.88. The number of hydrogen-bond acceptors (Lipinski definition) is 4. The Balaban J connectivity index is 1.48. The predicted molar refractivity (Wildman–Crippen MR) is 115 cm³/mol. The first-order valence-electron chi connectivity index (χ1n) is 9.44. The number of nitrogens with one attached hydrogen (secondary N) is 3. The van der Waals surface area contributed by atoms with Crippen LogP contribution in [0.3, 0.4) is 0 Å². The van der Waals surface area contributed by atoms with E-state index in [1.807, 2.05) is 0 Å². The maximum absolute atomic E-state index is 13.4. The molecule has 0 radical (unpaired) electrons. The van der Waals surface area contributed by atoms with E-state index in [4.69, 9.17) is 0 Å². The minimum Gasteiger partial charge on any atom is -0.343 e. The predicted octanol–water partition coefficient (Wildman–Crippen LogP) is 4.42. The number of benzene rings is 2. The van der Waals surface area contributed by atoms with Crippen LogP contribution in [0, 0.1) is 12.7 Å². The Bertz CT molecular complexity index is 1240. The molecule has 2 amide bonds. The van der Waals surface area contributed by atoms with Crippen molar-refractivity contribution in [1.29, 1.82) is 0 Å². The van der Waals surface area contributed by atoms with Gasteiger partial charge in [0, 0.05) is 29.2 Å². The van der Waals surface area contributed by atoms with E-state index in [0.29, 0.717) is 28.5 Å². The first-order valence-corrected chi connectivity index (χ1v) is 9.44. The Morgan fingerprint density at radius 1 is 0.935 bits per heavy atom. The van der Waals surface area contributed by atoms with E-state index in [1.165, 1.54) is 18.2 Å². The van der Waals surface area contributed by atoms with Crippen molar-refractivity contribution in [3.05, 3.63) is 95.7 Å². The molecule has 4 aromatic rings. The summed E-state index contributed by atoms with van der Waals surface area (Å²) >= 11 is 0. The van der Waals surface area contributed by atoms with Gasteiger partial charge in [-0.25, -0.2) is 9.37 Å². The first kappa shape index (κ1) is 20.0. The Morgan fingerprint density at radius 3 is 2.45 bits per heavy atom. The van der Waals surface area contributed by atoms with Crippen LogP contribution in [-0.2, 0) is 0 Å². The molecule has 0 aliphatic carbocycles. The number of aromatic amines is 1. The Hall–Kier alpha value is -4.33. The average molecular weight is 415 g/mol. The zero-order valence-corrected chi connectivity index (χ0v) is 16.5. The number of carbonyl (C=O) groups excluding carboxylic acids is 2. The van der Waals surface area contributed by atoms with Crippen molar-refractivity contribution < 1.29 is 14.0 Å². The monoisotopic (exact) mass is 415 g/mol. The van der Waals surface area contributed by atoms with Gasteiger partial charge in [-0.3, -0.25) is 14.6 Å². The van der Waals surface area contributed by atoms with Gasteiger partial charge in [0.2, 0.25) is 0 Å². The van der Waals surface area contributed by atoms with Crippen LogP contribution in [-0.4, -0.2) is 26.8 Å². The SMILES string of the molecule is Cc1ccc(NC(=O)c2cccc(F)c2)cc1C(=O)Nc1ccc(-c2ncc[nH]2)nc1. The van der Waals surface area contributed by atoms with Gasteiger partial charge in [-0.1, -0.05) is 12.1 Å². The molecule has 7 nitrogen and oxygen atoms in total. The summed E-state index contributed by atoms with van der Waals surface area (Å²) in [4.78, 5) is 36.5. The zero-order valence-electron chi connectivity index (χ0n) is 16.5. The molecule has 4 rings (SSSR count). The summed E-state index contributed by atoms with van der Waals surface area (Å²) in [5.41, 5.74) is 2.93. The van der Waals surface area contributed by atoms with Crippen LogP contribution in [0.5, 0.6) is 0 Å². The van der Waals surface area contributed by atoms with E-state index in [0.717, 1.165) is 11.6 Å². The quantitative estimate of drug-likeness (QED) is 0.449. The van der Waals surface area contributed by atoms with Crippen molar-refractivity contribution in [2.24, 2.45) is 0 Å². The smallest absolute Gasteiger partial charge is 0.256 e. The minimum absolute atomic E-state index is 0.189. The molecule has 8 heteroatoms. The molecule has 0 atom stereocenters. The van der Waals surface area contributed by atoms with Crippen molar-refractivity contribution in [2.75, 3.05) is 10.6 Å². The summed E-state index contributed by atoms with van der Waals surface area (Å²) < 4.78 is 13.4. The number of H-pyrrole nitrogens is 1. The van der Waals surface area contributed by atoms with Crippen molar-refractivity contribution in [3.63, 3.8) is 0 Å². The van der Waals surface area contributed by atoms with E-state index < -0.39 is 11.7 Å². The van der Waals surface area contributed by atoms with Crippen LogP contribution in [0.2, 0.25) is 0 Å². The summed E-state index contributed by atoms with van der Waals surface area (Å²) in [6, 6.07) is 13.9. The van der Waals surface area contributed by atoms with E-state index in [1.54, 1.807) is 55.8 Å². The second-order valence-electron chi connectivity index (χ2n) is 6.82. The molecule has 0 bridgehead atoms. The molecule has 3 N–H and O–H groups in total. The van der Waals surface area contributed by atoms with Crippen LogP contribution < -0.4 is 10.6 Å². The van der Waals surface area contributed by atoms with Crippen molar-refractivity contribution in [2.45, 2.75) is 6.92 Å². The van der Waals surface area contributed by atoms with Crippen LogP contribution in [0.25, 0.3) is 11.5 Å². The van der Waals surface area contributed by atoms with Gasteiger partial charge in [0.1, 0.15) is 11.5 Å². The highest BCUT2D eigenvalue weighted by Gasteiger charge is 2.13. The molecule has 31 heavy (non-hydrogen) atoms. The molecule has 0 aliphatic rings. The number of carbonyl (C=O) groups is 2. The molecule has 0 fully saturated rings. The molecular weight excluding hydrogens is 397 g/mol. The molecule has 0 aliphatic heterocycles. The number of amides is 2. The van der Waals surface area contributed by atoms with Gasteiger partial charge in [0.15, 0.2) is 5.82 Å². The van der Waals surface area contributed by atoms with Gasteiger partial charge in [0.25, 0.3) is 11.8 Å².